The van der Waals surface area contributed by atoms with Gasteiger partial charge in [-0.25, -0.2) is 14.4 Å². The molecule has 4 aromatic rings. The number of benzene rings is 2. The van der Waals surface area contributed by atoms with Crippen LogP contribution in [-0.4, -0.2) is 37.1 Å². The van der Waals surface area contributed by atoms with Gasteiger partial charge < -0.3 is 15.7 Å². The Bertz CT molecular complexity index is 1260. The van der Waals surface area contributed by atoms with Crippen molar-refractivity contribution in [2.75, 3.05) is 11.9 Å². The number of anilines is 2. The number of aryl methyl sites for hydroxylation is 2. The van der Waals surface area contributed by atoms with Crippen LogP contribution in [-0.2, 0) is 0 Å². The highest BCUT2D eigenvalue weighted by Crippen LogP contribution is 2.19. The normalized spacial score (nSPS) is 11.8. The summed E-state index contributed by atoms with van der Waals surface area (Å²) in [6.07, 6.45) is 3.26. The van der Waals surface area contributed by atoms with E-state index in [-0.39, 0.29) is 18.1 Å². The molecule has 1 atom stereocenters. The van der Waals surface area contributed by atoms with Crippen molar-refractivity contribution in [3.8, 4) is 5.82 Å². The van der Waals surface area contributed by atoms with Gasteiger partial charge in [0.1, 0.15) is 23.2 Å². The number of amides is 1. The molecule has 0 aliphatic rings. The number of imidazole rings is 1. The first-order chi connectivity index (χ1) is 15.9. The van der Waals surface area contributed by atoms with Gasteiger partial charge in [-0.05, 0) is 43.7 Å². The minimum atomic E-state index is -0.545. The van der Waals surface area contributed by atoms with E-state index in [1.165, 1.54) is 12.1 Å². The predicted octanol–water partition coefficient (Wildman–Crippen LogP) is 3.63. The molecule has 2 aromatic carbocycles. The summed E-state index contributed by atoms with van der Waals surface area (Å²) in [7, 11) is 0. The van der Waals surface area contributed by atoms with Gasteiger partial charge in [-0.3, -0.25) is 9.36 Å². The van der Waals surface area contributed by atoms with Crippen molar-refractivity contribution in [2.45, 2.75) is 19.9 Å². The zero-order valence-corrected chi connectivity index (χ0v) is 18.2. The molecule has 33 heavy (non-hydrogen) atoms. The Balaban J connectivity index is 1.57. The van der Waals surface area contributed by atoms with E-state index in [4.69, 9.17) is 0 Å². The van der Waals surface area contributed by atoms with Crippen LogP contribution in [0.4, 0.5) is 16.0 Å². The second kappa shape index (κ2) is 9.58. The van der Waals surface area contributed by atoms with Crippen LogP contribution in [0.1, 0.15) is 33.5 Å². The molecule has 9 heteroatoms. The van der Waals surface area contributed by atoms with Crippen molar-refractivity contribution < 1.29 is 14.3 Å². The molecule has 0 aliphatic carbocycles. The van der Waals surface area contributed by atoms with E-state index in [0.717, 1.165) is 11.1 Å². The minimum Gasteiger partial charge on any atom is -0.394 e. The highest BCUT2D eigenvalue weighted by atomic mass is 19.1. The number of carbonyl (C=O) groups is 1. The SMILES string of the molecule is Cc1cnc(Nc2ccc(F)cc2)nc1-n1cc(C(=O)NC(CO)c2ccccc2)nc1C. The first-order valence-electron chi connectivity index (χ1n) is 10.3. The zero-order chi connectivity index (χ0) is 23.4. The second-order valence-corrected chi connectivity index (χ2v) is 7.49. The molecule has 2 aromatic heterocycles. The molecule has 0 aliphatic heterocycles. The Morgan fingerprint density at radius 3 is 2.52 bits per heavy atom. The molecular weight excluding hydrogens is 423 g/mol. The Morgan fingerprint density at radius 2 is 1.82 bits per heavy atom. The third kappa shape index (κ3) is 5.04. The predicted molar refractivity (Wildman–Crippen MR) is 122 cm³/mol. The molecule has 3 N–H and O–H groups in total. The number of carbonyl (C=O) groups excluding carboxylic acids is 1. The molecule has 4 rings (SSSR count). The number of rotatable bonds is 7. The molecule has 0 saturated heterocycles. The zero-order valence-electron chi connectivity index (χ0n) is 18.2. The van der Waals surface area contributed by atoms with E-state index in [1.54, 1.807) is 36.0 Å². The molecule has 1 unspecified atom stereocenters. The monoisotopic (exact) mass is 446 g/mol. The molecule has 0 fully saturated rings. The topological polar surface area (TPSA) is 105 Å². The summed E-state index contributed by atoms with van der Waals surface area (Å²) in [6.45, 7) is 3.39. The van der Waals surface area contributed by atoms with Crippen molar-refractivity contribution in [1.82, 2.24) is 24.8 Å². The maximum absolute atomic E-state index is 13.2. The highest BCUT2D eigenvalue weighted by molar-refractivity contribution is 5.92. The Hall–Kier alpha value is -4.11. The van der Waals surface area contributed by atoms with Crippen molar-refractivity contribution in [2.24, 2.45) is 0 Å². The summed E-state index contributed by atoms with van der Waals surface area (Å²) in [5.74, 6) is 0.707. The molecule has 0 radical (unpaired) electrons. The summed E-state index contributed by atoms with van der Waals surface area (Å²) in [4.78, 5) is 26.0. The molecule has 0 bridgehead atoms. The summed E-state index contributed by atoms with van der Waals surface area (Å²) in [6, 6.07) is 14.6. The number of hydrogen-bond donors (Lipinski definition) is 3. The molecule has 0 spiro atoms. The average Bonchev–Trinajstić information content (AvgIpc) is 3.22. The summed E-state index contributed by atoms with van der Waals surface area (Å²) in [5.41, 5.74) is 2.43. The van der Waals surface area contributed by atoms with E-state index in [1.807, 2.05) is 37.3 Å². The maximum atomic E-state index is 13.2. The second-order valence-electron chi connectivity index (χ2n) is 7.49. The van der Waals surface area contributed by atoms with Crippen molar-refractivity contribution in [3.63, 3.8) is 0 Å². The van der Waals surface area contributed by atoms with Gasteiger partial charge in [-0.2, -0.15) is 4.98 Å². The number of nitrogens with one attached hydrogen (secondary N) is 2. The molecule has 168 valence electrons. The molecular formula is C24H23FN6O2. The van der Waals surface area contributed by atoms with Crippen LogP contribution < -0.4 is 10.6 Å². The quantitative estimate of drug-likeness (QED) is 0.401. The first kappa shape index (κ1) is 22.1. The Labute approximate surface area is 190 Å². The third-order valence-corrected chi connectivity index (χ3v) is 5.08. The first-order valence-corrected chi connectivity index (χ1v) is 10.3. The highest BCUT2D eigenvalue weighted by Gasteiger charge is 2.19. The Morgan fingerprint density at radius 1 is 1.09 bits per heavy atom. The molecule has 8 nitrogen and oxygen atoms in total. The van der Waals surface area contributed by atoms with Gasteiger partial charge in [0.15, 0.2) is 0 Å². The van der Waals surface area contributed by atoms with Crippen LogP contribution in [0.2, 0.25) is 0 Å². The fourth-order valence-corrected chi connectivity index (χ4v) is 3.35. The van der Waals surface area contributed by atoms with Crippen LogP contribution in [0.15, 0.2) is 67.0 Å². The van der Waals surface area contributed by atoms with Crippen LogP contribution in [0.3, 0.4) is 0 Å². The minimum absolute atomic E-state index is 0.202. The van der Waals surface area contributed by atoms with Crippen molar-refractivity contribution in [3.05, 3.63) is 95.5 Å². The smallest absolute Gasteiger partial charge is 0.272 e. The van der Waals surface area contributed by atoms with Crippen molar-refractivity contribution in [1.29, 1.82) is 0 Å². The van der Waals surface area contributed by atoms with Crippen LogP contribution in [0, 0.1) is 19.7 Å². The van der Waals surface area contributed by atoms with Gasteiger partial charge in [0, 0.05) is 23.6 Å². The van der Waals surface area contributed by atoms with Crippen molar-refractivity contribution >= 4 is 17.5 Å². The molecule has 1 amide bonds. The van der Waals surface area contributed by atoms with E-state index in [2.05, 4.69) is 25.6 Å². The number of halogens is 1. The van der Waals surface area contributed by atoms with E-state index < -0.39 is 11.9 Å². The van der Waals surface area contributed by atoms with Crippen LogP contribution in [0.25, 0.3) is 5.82 Å². The number of nitrogens with zero attached hydrogens (tertiary/aromatic N) is 4. The van der Waals surface area contributed by atoms with E-state index in [9.17, 15) is 14.3 Å². The number of aromatic nitrogens is 4. The van der Waals surface area contributed by atoms with Crippen LogP contribution >= 0.6 is 0 Å². The third-order valence-electron chi connectivity index (χ3n) is 5.08. The fraction of sp³-hybridized carbons (Fsp3) is 0.167. The number of hydrogen-bond acceptors (Lipinski definition) is 6. The summed E-state index contributed by atoms with van der Waals surface area (Å²) in [5, 5.41) is 15.6. The lowest BCUT2D eigenvalue weighted by molar-refractivity contribution is 0.0911. The standard InChI is InChI=1S/C24H23FN6O2/c1-15-12-26-24(28-19-10-8-18(25)9-11-19)30-22(15)31-13-20(27-16(31)2)23(33)29-21(14-32)17-6-4-3-5-7-17/h3-13,21,32H,14H2,1-2H3,(H,29,33)(H,26,28,30). The molecule has 0 saturated carbocycles. The Kier molecular flexibility index (Phi) is 6.41. The lowest BCUT2D eigenvalue weighted by Crippen LogP contribution is -2.31. The van der Waals surface area contributed by atoms with Gasteiger partial charge >= 0.3 is 0 Å². The number of aliphatic hydroxyl groups is 1. The van der Waals surface area contributed by atoms with Gasteiger partial charge in [0.2, 0.25) is 5.95 Å². The van der Waals surface area contributed by atoms with Gasteiger partial charge in [0.25, 0.3) is 5.91 Å². The van der Waals surface area contributed by atoms with E-state index in [0.29, 0.717) is 23.3 Å². The van der Waals surface area contributed by atoms with Crippen LogP contribution in [0.5, 0.6) is 0 Å². The van der Waals surface area contributed by atoms with E-state index >= 15 is 0 Å². The largest absolute Gasteiger partial charge is 0.394 e. The average molecular weight is 446 g/mol. The fourth-order valence-electron chi connectivity index (χ4n) is 3.35. The summed E-state index contributed by atoms with van der Waals surface area (Å²) < 4.78 is 14.9. The van der Waals surface area contributed by atoms with Gasteiger partial charge in [-0.15, -0.1) is 0 Å². The number of aliphatic hydroxyl groups excluding tert-OH is 1. The summed E-state index contributed by atoms with van der Waals surface area (Å²) >= 11 is 0. The van der Waals surface area contributed by atoms with Gasteiger partial charge in [-0.1, -0.05) is 30.3 Å². The maximum Gasteiger partial charge on any atom is 0.272 e. The lowest BCUT2D eigenvalue weighted by Gasteiger charge is -2.15. The lowest BCUT2D eigenvalue weighted by atomic mass is 10.1. The van der Waals surface area contributed by atoms with Gasteiger partial charge in [0.05, 0.1) is 12.6 Å². The molecule has 2 heterocycles.